The molecule has 0 bridgehead atoms. The van der Waals surface area contributed by atoms with Crippen molar-refractivity contribution in [3.63, 3.8) is 0 Å². The van der Waals surface area contributed by atoms with Crippen molar-refractivity contribution < 1.29 is 13.2 Å². The number of amides is 1. The van der Waals surface area contributed by atoms with Crippen LogP contribution in [0.2, 0.25) is 0 Å². The molecule has 3 rings (SSSR count). The number of hydrogen-bond acceptors (Lipinski definition) is 4. The van der Waals surface area contributed by atoms with Gasteiger partial charge in [0.1, 0.15) is 0 Å². The van der Waals surface area contributed by atoms with E-state index in [2.05, 4.69) is 0 Å². The van der Waals surface area contributed by atoms with Gasteiger partial charge in [0.05, 0.1) is 16.4 Å². The fourth-order valence-corrected chi connectivity index (χ4v) is 5.62. The summed E-state index contributed by atoms with van der Waals surface area (Å²) in [5, 5.41) is 0. The maximum Gasteiger partial charge on any atom is 0.231 e. The Labute approximate surface area is 136 Å². The van der Waals surface area contributed by atoms with E-state index in [0.717, 1.165) is 11.3 Å². The maximum atomic E-state index is 12.9. The molecule has 120 valence electrons. The summed E-state index contributed by atoms with van der Waals surface area (Å²) in [4.78, 5) is 15.8. The fraction of sp³-hybridized carbons (Fsp3) is 0.562. The Balaban J connectivity index is 1.80. The summed E-state index contributed by atoms with van der Waals surface area (Å²) in [5.41, 5.74) is 1.09. The summed E-state index contributed by atoms with van der Waals surface area (Å²) in [5.74, 6) is 0.758. The molecule has 1 fully saturated rings. The summed E-state index contributed by atoms with van der Waals surface area (Å²) in [6.07, 6.45) is 0.503. The van der Waals surface area contributed by atoms with Crippen LogP contribution in [0.25, 0.3) is 0 Å². The van der Waals surface area contributed by atoms with Gasteiger partial charge in [0.2, 0.25) is 5.91 Å². The van der Waals surface area contributed by atoms with Crippen LogP contribution in [0.5, 0.6) is 0 Å². The minimum absolute atomic E-state index is 0.0627. The van der Waals surface area contributed by atoms with Gasteiger partial charge in [0.25, 0.3) is 0 Å². The van der Waals surface area contributed by atoms with Crippen LogP contribution in [0.1, 0.15) is 31.7 Å². The maximum absolute atomic E-state index is 12.9. The van der Waals surface area contributed by atoms with Crippen LogP contribution in [0.3, 0.4) is 0 Å². The smallest absolute Gasteiger partial charge is 0.231 e. The number of carbonyl (C=O) groups excluding carboxylic acids is 1. The van der Waals surface area contributed by atoms with Crippen LogP contribution in [0.15, 0.2) is 29.2 Å². The molecular formula is C16H21NO3S2. The van der Waals surface area contributed by atoms with Gasteiger partial charge in [-0.05, 0) is 31.9 Å². The second kappa shape index (κ2) is 5.57. The molecule has 0 aliphatic carbocycles. The molecule has 0 spiro atoms. The van der Waals surface area contributed by atoms with Gasteiger partial charge in [-0.2, -0.15) is 0 Å². The molecule has 2 heterocycles. The molecule has 0 unspecified atom stereocenters. The Morgan fingerprint density at radius 2 is 2.00 bits per heavy atom. The first kappa shape index (κ1) is 15.9. The monoisotopic (exact) mass is 339 g/mol. The molecule has 1 saturated heterocycles. The predicted molar refractivity (Wildman–Crippen MR) is 89.0 cm³/mol. The SMILES string of the molecule is CC1(C)CCN(C(=O)[C@@H]2CSc3ccccc32)CCS1(=O)=O. The highest BCUT2D eigenvalue weighted by atomic mass is 32.2. The lowest BCUT2D eigenvalue weighted by Gasteiger charge is -2.24. The zero-order chi connectivity index (χ0) is 16.0. The second-order valence-corrected chi connectivity index (χ2v) is 10.4. The molecule has 6 heteroatoms. The van der Waals surface area contributed by atoms with E-state index in [-0.39, 0.29) is 17.6 Å². The molecular weight excluding hydrogens is 318 g/mol. The van der Waals surface area contributed by atoms with Crippen LogP contribution in [-0.4, -0.2) is 48.6 Å². The van der Waals surface area contributed by atoms with Gasteiger partial charge in [-0.1, -0.05) is 18.2 Å². The van der Waals surface area contributed by atoms with Crippen molar-refractivity contribution in [3.05, 3.63) is 29.8 Å². The van der Waals surface area contributed by atoms with Gasteiger partial charge in [-0.25, -0.2) is 8.42 Å². The normalized spacial score (nSPS) is 26.3. The third-order valence-electron chi connectivity index (χ3n) is 4.77. The molecule has 22 heavy (non-hydrogen) atoms. The number of benzene rings is 1. The molecule has 0 saturated carbocycles. The molecule has 2 aliphatic rings. The van der Waals surface area contributed by atoms with Gasteiger partial charge in [-0.3, -0.25) is 4.79 Å². The first-order valence-electron chi connectivity index (χ1n) is 7.55. The van der Waals surface area contributed by atoms with Gasteiger partial charge < -0.3 is 4.90 Å². The fourth-order valence-electron chi connectivity index (χ4n) is 2.99. The molecule has 0 radical (unpaired) electrons. The highest BCUT2D eigenvalue weighted by Gasteiger charge is 2.40. The minimum Gasteiger partial charge on any atom is -0.341 e. The van der Waals surface area contributed by atoms with Crippen LogP contribution in [-0.2, 0) is 14.6 Å². The van der Waals surface area contributed by atoms with Gasteiger partial charge in [-0.15, -0.1) is 11.8 Å². The van der Waals surface area contributed by atoms with E-state index in [0.29, 0.717) is 19.5 Å². The van der Waals surface area contributed by atoms with Gasteiger partial charge in [0, 0.05) is 23.7 Å². The number of rotatable bonds is 1. The van der Waals surface area contributed by atoms with Crippen molar-refractivity contribution in [1.82, 2.24) is 4.90 Å². The number of hydrogen-bond donors (Lipinski definition) is 0. The van der Waals surface area contributed by atoms with E-state index in [1.165, 1.54) is 4.90 Å². The van der Waals surface area contributed by atoms with Crippen molar-refractivity contribution in [2.24, 2.45) is 0 Å². The van der Waals surface area contributed by atoms with Crippen LogP contribution < -0.4 is 0 Å². The minimum atomic E-state index is -3.15. The summed E-state index contributed by atoms with van der Waals surface area (Å²) in [6, 6.07) is 8.00. The van der Waals surface area contributed by atoms with Gasteiger partial charge in [0.15, 0.2) is 9.84 Å². The quantitative estimate of drug-likeness (QED) is 0.788. The second-order valence-electron chi connectivity index (χ2n) is 6.56. The van der Waals surface area contributed by atoms with E-state index in [4.69, 9.17) is 0 Å². The van der Waals surface area contributed by atoms with Crippen molar-refractivity contribution in [1.29, 1.82) is 0 Å². The standard InChI is InChI=1S/C16H21NO3S2/c1-16(2)7-8-17(9-10-22(16,19)20)15(18)13-11-21-14-6-4-3-5-12(13)14/h3-6,13H,7-11H2,1-2H3/t13-/m1/s1. The Hall–Kier alpha value is -1.01. The molecule has 1 aromatic carbocycles. The number of carbonyl (C=O) groups is 1. The average Bonchev–Trinajstić information content (AvgIpc) is 2.85. The Bertz CT molecular complexity index is 697. The molecule has 0 aromatic heterocycles. The third kappa shape index (κ3) is 2.67. The first-order chi connectivity index (χ1) is 10.3. The summed E-state index contributed by atoms with van der Waals surface area (Å²) in [7, 11) is -3.15. The van der Waals surface area contributed by atoms with Crippen molar-refractivity contribution >= 4 is 27.5 Å². The van der Waals surface area contributed by atoms with E-state index in [1.807, 2.05) is 24.3 Å². The van der Waals surface area contributed by atoms with Crippen LogP contribution >= 0.6 is 11.8 Å². The largest absolute Gasteiger partial charge is 0.341 e. The third-order valence-corrected chi connectivity index (χ3v) is 8.56. The summed E-state index contributed by atoms with van der Waals surface area (Å²) < 4.78 is 23.8. The lowest BCUT2D eigenvalue weighted by atomic mass is 9.99. The average molecular weight is 339 g/mol. The zero-order valence-corrected chi connectivity index (χ0v) is 14.5. The Morgan fingerprint density at radius 3 is 2.77 bits per heavy atom. The molecule has 2 aliphatic heterocycles. The van der Waals surface area contributed by atoms with E-state index in [9.17, 15) is 13.2 Å². The Kier molecular flexibility index (Phi) is 4.01. The molecule has 1 atom stereocenters. The summed E-state index contributed by atoms with van der Waals surface area (Å²) in [6.45, 7) is 4.36. The van der Waals surface area contributed by atoms with Gasteiger partial charge >= 0.3 is 0 Å². The number of nitrogens with zero attached hydrogens (tertiary/aromatic N) is 1. The topological polar surface area (TPSA) is 54.5 Å². The van der Waals surface area contributed by atoms with E-state index < -0.39 is 14.6 Å². The van der Waals surface area contributed by atoms with Crippen molar-refractivity contribution in [2.75, 3.05) is 24.6 Å². The zero-order valence-electron chi connectivity index (χ0n) is 12.9. The van der Waals surface area contributed by atoms with Crippen molar-refractivity contribution in [2.45, 2.75) is 35.8 Å². The molecule has 4 nitrogen and oxygen atoms in total. The lowest BCUT2D eigenvalue weighted by Crippen LogP contribution is -2.37. The first-order valence-corrected chi connectivity index (χ1v) is 10.2. The number of thioether (sulfide) groups is 1. The molecule has 0 N–H and O–H groups in total. The molecule has 1 aromatic rings. The number of fused-ring (bicyclic) bond motifs is 1. The number of sulfone groups is 1. The highest BCUT2D eigenvalue weighted by molar-refractivity contribution is 7.99. The highest BCUT2D eigenvalue weighted by Crippen LogP contribution is 2.40. The predicted octanol–water partition coefficient (Wildman–Crippen LogP) is 2.30. The van der Waals surface area contributed by atoms with E-state index in [1.54, 1.807) is 30.5 Å². The van der Waals surface area contributed by atoms with Crippen LogP contribution in [0.4, 0.5) is 0 Å². The Morgan fingerprint density at radius 1 is 1.27 bits per heavy atom. The van der Waals surface area contributed by atoms with Crippen LogP contribution in [0, 0.1) is 0 Å². The molecule has 1 amide bonds. The lowest BCUT2D eigenvalue weighted by molar-refractivity contribution is -0.132. The van der Waals surface area contributed by atoms with Crippen molar-refractivity contribution in [3.8, 4) is 0 Å². The summed E-state index contributed by atoms with van der Waals surface area (Å²) >= 11 is 1.71. The van der Waals surface area contributed by atoms with E-state index >= 15 is 0 Å².